The molecule has 0 aromatic heterocycles. The van der Waals surface area contributed by atoms with E-state index in [4.69, 9.17) is 0 Å². The molecule has 0 bridgehead atoms. The number of Topliss-reactive ketones (excluding diaryl/α,β-unsaturated/α-hetero) is 1. The van der Waals surface area contributed by atoms with Gasteiger partial charge in [-0.2, -0.15) is 0 Å². The molecule has 9 atom stereocenters. The molecule has 0 aromatic rings. The number of hydrogen-bond donors (Lipinski definition) is 0. The quantitative estimate of drug-likeness (QED) is 0.379. The SMILES string of the molecule is C[C@@H]1CCC[C@@H]2[C@@]1(C)CC(=O)[C@H]1[C@]2(C)CC[C@@]2(C)[C@@H]3CC(C)(C)CC[C@@]3(C)CC[C@@]12C. The van der Waals surface area contributed by atoms with Gasteiger partial charge in [0.1, 0.15) is 5.78 Å². The third-order valence-electron chi connectivity index (χ3n) is 13.5. The van der Waals surface area contributed by atoms with Crippen molar-refractivity contribution in [2.75, 3.05) is 0 Å². The molecule has 0 radical (unpaired) electrons. The Kier molecular flexibility index (Phi) is 4.65. The second kappa shape index (κ2) is 6.41. The van der Waals surface area contributed by atoms with Crippen molar-refractivity contribution in [3.05, 3.63) is 0 Å². The molecule has 176 valence electrons. The van der Waals surface area contributed by atoms with E-state index < -0.39 is 0 Å². The average Bonchev–Trinajstić information content (AvgIpc) is 2.67. The molecular weight excluding hydrogens is 376 g/mol. The van der Waals surface area contributed by atoms with Crippen LogP contribution in [0.15, 0.2) is 0 Å². The highest BCUT2D eigenvalue weighted by molar-refractivity contribution is 5.85. The molecule has 0 spiro atoms. The molecule has 5 fully saturated rings. The minimum atomic E-state index is 0.177. The molecular formula is C30H50O. The molecule has 1 heteroatoms. The van der Waals surface area contributed by atoms with Gasteiger partial charge in [-0.05, 0) is 102 Å². The van der Waals surface area contributed by atoms with Gasteiger partial charge in [0.15, 0.2) is 0 Å². The molecule has 5 rings (SSSR count). The van der Waals surface area contributed by atoms with Gasteiger partial charge in [0, 0.05) is 12.3 Å². The maximum absolute atomic E-state index is 14.2. The van der Waals surface area contributed by atoms with Crippen molar-refractivity contribution in [3.63, 3.8) is 0 Å². The molecule has 0 unspecified atom stereocenters. The van der Waals surface area contributed by atoms with Crippen LogP contribution in [0, 0.1) is 56.2 Å². The summed E-state index contributed by atoms with van der Waals surface area (Å²) in [5.41, 5.74) is 1.89. The molecule has 0 heterocycles. The number of fused-ring (bicyclic) bond motifs is 7. The van der Waals surface area contributed by atoms with Gasteiger partial charge in [0.05, 0.1) is 0 Å². The second-order valence-electron chi connectivity index (χ2n) is 15.4. The van der Waals surface area contributed by atoms with Crippen LogP contribution in [-0.4, -0.2) is 5.78 Å². The summed E-state index contributed by atoms with van der Waals surface area (Å²) in [7, 11) is 0. The molecule has 0 aromatic carbocycles. The average molecular weight is 427 g/mol. The van der Waals surface area contributed by atoms with E-state index in [0.717, 1.165) is 18.3 Å². The number of carbonyl (C=O) groups excluding carboxylic acids is 1. The van der Waals surface area contributed by atoms with Crippen LogP contribution in [0.3, 0.4) is 0 Å². The van der Waals surface area contributed by atoms with Gasteiger partial charge in [-0.3, -0.25) is 4.79 Å². The predicted molar refractivity (Wildman–Crippen MR) is 130 cm³/mol. The lowest BCUT2D eigenvalue weighted by Gasteiger charge is -2.74. The summed E-state index contributed by atoms with van der Waals surface area (Å²) in [6, 6.07) is 0. The van der Waals surface area contributed by atoms with Gasteiger partial charge in [-0.25, -0.2) is 0 Å². The topological polar surface area (TPSA) is 17.1 Å². The fraction of sp³-hybridized carbons (Fsp3) is 0.967. The first kappa shape index (κ1) is 22.5. The van der Waals surface area contributed by atoms with Crippen LogP contribution >= 0.6 is 0 Å². The van der Waals surface area contributed by atoms with E-state index in [1.165, 1.54) is 64.2 Å². The van der Waals surface area contributed by atoms with Crippen LogP contribution in [0.1, 0.15) is 126 Å². The van der Waals surface area contributed by atoms with E-state index in [2.05, 4.69) is 55.4 Å². The standard InChI is InChI=1S/C30H50O/c1-20-10-9-11-22-27(5)15-17-29(7)23-19-25(2,3)12-13-26(23,4)14-16-30(29,8)24(27)21(31)18-28(20,22)6/h20,22-24H,9-19H2,1-8H3/t20-,22+,23-,24+,26+,27-,28+,29+,30+/m1/s1. The Hall–Kier alpha value is -0.330. The molecule has 1 nitrogen and oxygen atoms in total. The third kappa shape index (κ3) is 2.70. The smallest absolute Gasteiger partial charge is 0.137 e. The number of rotatable bonds is 0. The first-order valence-corrected chi connectivity index (χ1v) is 13.7. The van der Waals surface area contributed by atoms with Gasteiger partial charge in [0.25, 0.3) is 0 Å². The number of hydrogen-bond acceptors (Lipinski definition) is 1. The maximum atomic E-state index is 14.2. The molecule has 0 amide bonds. The first-order chi connectivity index (χ1) is 14.2. The minimum Gasteiger partial charge on any atom is -0.299 e. The molecule has 31 heavy (non-hydrogen) atoms. The zero-order valence-corrected chi connectivity index (χ0v) is 22.0. The van der Waals surface area contributed by atoms with Gasteiger partial charge in [-0.15, -0.1) is 0 Å². The highest BCUT2D eigenvalue weighted by atomic mass is 16.1. The van der Waals surface area contributed by atoms with Crippen molar-refractivity contribution in [3.8, 4) is 0 Å². The molecule has 0 saturated heterocycles. The van der Waals surface area contributed by atoms with Crippen LogP contribution in [0.5, 0.6) is 0 Å². The summed E-state index contributed by atoms with van der Waals surface area (Å²) in [6.45, 7) is 20.4. The molecule has 0 N–H and O–H groups in total. The van der Waals surface area contributed by atoms with Crippen molar-refractivity contribution >= 4 is 5.78 Å². The summed E-state index contributed by atoms with van der Waals surface area (Å²) < 4.78 is 0. The minimum absolute atomic E-state index is 0.177. The normalized spacial score (nSPS) is 58.5. The van der Waals surface area contributed by atoms with Crippen molar-refractivity contribution in [2.45, 2.75) is 126 Å². The van der Waals surface area contributed by atoms with Gasteiger partial charge in [0.2, 0.25) is 0 Å². The Balaban J connectivity index is 1.59. The van der Waals surface area contributed by atoms with Crippen LogP contribution in [0.2, 0.25) is 0 Å². The Morgan fingerprint density at radius 3 is 2.06 bits per heavy atom. The lowest BCUT2D eigenvalue weighted by molar-refractivity contribution is -0.247. The molecule has 0 aliphatic heterocycles. The van der Waals surface area contributed by atoms with E-state index >= 15 is 0 Å². The third-order valence-corrected chi connectivity index (χ3v) is 13.5. The Labute approximate surface area is 192 Å². The molecule has 5 saturated carbocycles. The van der Waals surface area contributed by atoms with Gasteiger partial charge >= 0.3 is 0 Å². The highest BCUT2D eigenvalue weighted by Crippen LogP contribution is 2.77. The summed E-state index contributed by atoms with van der Waals surface area (Å²) in [6.07, 6.45) is 14.3. The zero-order chi connectivity index (χ0) is 22.7. The summed E-state index contributed by atoms with van der Waals surface area (Å²) in [4.78, 5) is 14.2. The fourth-order valence-corrected chi connectivity index (χ4v) is 11.1. The summed E-state index contributed by atoms with van der Waals surface area (Å²) >= 11 is 0. The van der Waals surface area contributed by atoms with E-state index in [1.54, 1.807) is 0 Å². The Bertz CT molecular complexity index is 781. The van der Waals surface area contributed by atoms with Crippen LogP contribution < -0.4 is 0 Å². The number of carbonyl (C=O) groups is 1. The van der Waals surface area contributed by atoms with Crippen LogP contribution in [0.4, 0.5) is 0 Å². The van der Waals surface area contributed by atoms with Crippen LogP contribution in [-0.2, 0) is 4.79 Å². The highest BCUT2D eigenvalue weighted by Gasteiger charge is 2.72. The zero-order valence-electron chi connectivity index (χ0n) is 22.0. The Morgan fingerprint density at radius 2 is 1.35 bits per heavy atom. The van der Waals surface area contributed by atoms with Crippen LogP contribution in [0.25, 0.3) is 0 Å². The van der Waals surface area contributed by atoms with E-state index in [1.807, 2.05) is 0 Å². The monoisotopic (exact) mass is 426 g/mol. The Morgan fingerprint density at radius 1 is 0.710 bits per heavy atom. The van der Waals surface area contributed by atoms with E-state index in [-0.39, 0.29) is 22.2 Å². The summed E-state index contributed by atoms with van der Waals surface area (Å²) in [5, 5.41) is 0. The lowest BCUT2D eigenvalue weighted by Crippen LogP contribution is -2.69. The molecule has 5 aliphatic rings. The van der Waals surface area contributed by atoms with E-state index in [9.17, 15) is 4.79 Å². The second-order valence-corrected chi connectivity index (χ2v) is 15.4. The van der Waals surface area contributed by atoms with Crippen molar-refractivity contribution in [1.29, 1.82) is 0 Å². The lowest BCUT2D eigenvalue weighted by atomic mass is 9.30. The maximum Gasteiger partial charge on any atom is 0.137 e. The summed E-state index contributed by atoms with van der Waals surface area (Å²) in [5.74, 6) is 3.16. The fourth-order valence-electron chi connectivity index (χ4n) is 11.1. The van der Waals surface area contributed by atoms with E-state index in [0.29, 0.717) is 27.9 Å². The van der Waals surface area contributed by atoms with Gasteiger partial charge in [-0.1, -0.05) is 68.2 Å². The predicted octanol–water partition coefficient (Wildman–Crippen LogP) is 8.46. The van der Waals surface area contributed by atoms with Crippen molar-refractivity contribution in [2.24, 2.45) is 56.2 Å². The largest absolute Gasteiger partial charge is 0.299 e. The first-order valence-electron chi connectivity index (χ1n) is 13.7. The number of ketones is 1. The van der Waals surface area contributed by atoms with Crippen molar-refractivity contribution < 1.29 is 4.79 Å². The van der Waals surface area contributed by atoms with Crippen molar-refractivity contribution in [1.82, 2.24) is 0 Å². The molecule has 5 aliphatic carbocycles. The van der Waals surface area contributed by atoms with Gasteiger partial charge < -0.3 is 0 Å².